The number of likely N-dealkylation sites (N-methyl/N-ethyl adjacent to an activating group) is 1. The highest BCUT2D eigenvalue weighted by molar-refractivity contribution is 5.88. The van der Waals surface area contributed by atoms with Crippen molar-refractivity contribution in [3.05, 3.63) is 23.7 Å². The van der Waals surface area contributed by atoms with Crippen LogP contribution in [-0.4, -0.2) is 56.1 Å². The first-order chi connectivity index (χ1) is 10.2. The molecule has 1 saturated heterocycles. The Morgan fingerprint density at radius 3 is 3.10 bits per heavy atom. The third-order valence-electron chi connectivity index (χ3n) is 3.50. The van der Waals surface area contributed by atoms with Gasteiger partial charge in [0, 0.05) is 38.3 Å². The van der Waals surface area contributed by atoms with E-state index in [1.165, 1.54) is 13.4 Å². The van der Waals surface area contributed by atoms with E-state index in [0.29, 0.717) is 19.6 Å². The number of piperazine rings is 1. The zero-order chi connectivity index (χ0) is 15.2. The quantitative estimate of drug-likeness (QED) is 0.743. The van der Waals surface area contributed by atoms with Crippen LogP contribution in [-0.2, 0) is 16.1 Å². The second-order valence-electron chi connectivity index (χ2n) is 4.85. The summed E-state index contributed by atoms with van der Waals surface area (Å²) in [5, 5.41) is 6.05. The zero-order valence-corrected chi connectivity index (χ0v) is 12.3. The number of carbonyl (C=O) groups is 2. The van der Waals surface area contributed by atoms with Crippen molar-refractivity contribution in [1.82, 2.24) is 15.5 Å². The number of ether oxygens (including phenoxy) is 1. The van der Waals surface area contributed by atoms with Crippen LogP contribution in [0.3, 0.4) is 0 Å². The van der Waals surface area contributed by atoms with Crippen LogP contribution < -0.4 is 10.6 Å². The molecule has 1 aromatic heterocycles. The highest BCUT2D eigenvalue weighted by Gasteiger charge is 2.29. The number of nitrogens with zero attached hydrogens (tertiary/aromatic N) is 1. The maximum absolute atomic E-state index is 12.1. The van der Waals surface area contributed by atoms with Gasteiger partial charge in [0.25, 0.3) is 0 Å². The number of nitrogens with one attached hydrogen (secondary N) is 2. The highest BCUT2D eigenvalue weighted by atomic mass is 16.5. The SMILES string of the molecule is CCNC(=O)C1CNCCN1Cc1ccoc1C(=O)OC. The molecule has 1 aliphatic heterocycles. The predicted molar refractivity (Wildman–Crippen MR) is 75.8 cm³/mol. The second-order valence-corrected chi connectivity index (χ2v) is 4.85. The van der Waals surface area contributed by atoms with Gasteiger partial charge >= 0.3 is 5.97 Å². The van der Waals surface area contributed by atoms with Crippen molar-refractivity contribution in [1.29, 1.82) is 0 Å². The molecular weight excluding hydrogens is 274 g/mol. The van der Waals surface area contributed by atoms with Crippen LogP contribution in [0.2, 0.25) is 0 Å². The van der Waals surface area contributed by atoms with Crippen molar-refractivity contribution in [2.75, 3.05) is 33.3 Å². The Morgan fingerprint density at radius 2 is 2.38 bits per heavy atom. The van der Waals surface area contributed by atoms with E-state index >= 15 is 0 Å². The minimum Gasteiger partial charge on any atom is -0.463 e. The normalized spacial score (nSPS) is 19.2. The van der Waals surface area contributed by atoms with Crippen molar-refractivity contribution >= 4 is 11.9 Å². The van der Waals surface area contributed by atoms with Crippen molar-refractivity contribution < 1.29 is 18.7 Å². The van der Waals surface area contributed by atoms with Crippen LogP contribution in [0.15, 0.2) is 16.7 Å². The molecule has 1 aliphatic rings. The molecule has 1 amide bonds. The number of carbonyl (C=O) groups excluding carboxylic acids is 2. The number of furan rings is 1. The molecule has 0 aliphatic carbocycles. The molecule has 7 heteroatoms. The summed E-state index contributed by atoms with van der Waals surface area (Å²) in [5.74, 6) is -0.307. The molecule has 0 bridgehead atoms. The van der Waals surface area contributed by atoms with E-state index in [1.54, 1.807) is 6.07 Å². The first-order valence-electron chi connectivity index (χ1n) is 7.04. The fourth-order valence-electron chi connectivity index (χ4n) is 2.44. The van der Waals surface area contributed by atoms with Gasteiger partial charge in [-0.1, -0.05) is 0 Å². The Hall–Kier alpha value is -1.86. The minimum atomic E-state index is -0.500. The lowest BCUT2D eigenvalue weighted by molar-refractivity contribution is -0.127. The minimum absolute atomic E-state index is 0.00665. The molecule has 0 aromatic carbocycles. The summed E-state index contributed by atoms with van der Waals surface area (Å²) in [7, 11) is 1.32. The van der Waals surface area contributed by atoms with E-state index in [-0.39, 0.29) is 17.7 Å². The Labute approximate surface area is 123 Å². The van der Waals surface area contributed by atoms with E-state index in [2.05, 4.69) is 10.6 Å². The number of hydrogen-bond acceptors (Lipinski definition) is 6. The summed E-state index contributed by atoms with van der Waals surface area (Å²) < 4.78 is 9.88. The Kier molecular flexibility index (Phi) is 5.35. The maximum Gasteiger partial charge on any atom is 0.374 e. The number of esters is 1. The molecule has 0 saturated carbocycles. The van der Waals surface area contributed by atoms with Gasteiger partial charge in [0.15, 0.2) is 0 Å². The van der Waals surface area contributed by atoms with Gasteiger partial charge in [0.1, 0.15) is 6.04 Å². The summed E-state index contributed by atoms with van der Waals surface area (Å²) in [5.41, 5.74) is 0.734. The summed E-state index contributed by atoms with van der Waals surface area (Å²) in [6.45, 7) is 5.10. The second kappa shape index (κ2) is 7.24. The van der Waals surface area contributed by atoms with Gasteiger partial charge in [-0.05, 0) is 13.0 Å². The van der Waals surface area contributed by atoms with E-state index < -0.39 is 5.97 Å². The lowest BCUT2D eigenvalue weighted by Crippen LogP contribution is -2.57. The lowest BCUT2D eigenvalue weighted by atomic mass is 10.1. The van der Waals surface area contributed by atoms with Crippen LogP contribution in [0.25, 0.3) is 0 Å². The van der Waals surface area contributed by atoms with E-state index in [1.807, 2.05) is 11.8 Å². The summed E-state index contributed by atoms with van der Waals surface area (Å²) in [4.78, 5) is 25.8. The molecule has 0 radical (unpaired) electrons. The fraction of sp³-hybridized carbons (Fsp3) is 0.571. The molecule has 0 spiro atoms. The van der Waals surface area contributed by atoms with Crippen LogP contribution in [0.5, 0.6) is 0 Å². The van der Waals surface area contributed by atoms with Gasteiger partial charge in [0.05, 0.1) is 13.4 Å². The van der Waals surface area contributed by atoms with Gasteiger partial charge in [-0.3, -0.25) is 9.69 Å². The third kappa shape index (κ3) is 3.62. The molecular formula is C14H21N3O4. The molecule has 21 heavy (non-hydrogen) atoms. The van der Waals surface area contributed by atoms with Crippen molar-refractivity contribution in [2.24, 2.45) is 0 Å². The smallest absolute Gasteiger partial charge is 0.374 e. The van der Waals surface area contributed by atoms with Gasteiger partial charge in [0.2, 0.25) is 11.7 Å². The number of methoxy groups -OCH3 is 1. The molecule has 2 N–H and O–H groups in total. The largest absolute Gasteiger partial charge is 0.463 e. The maximum atomic E-state index is 12.1. The molecule has 116 valence electrons. The molecule has 1 unspecified atom stereocenters. The van der Waals surface area contributed by atoms with Gasteiger partial charge in [-0.25, -0.2) is 4.79 Å². The molecule has 1 aromatic rings. The Bertz CT molecular complexity index is 500. The van der Waals surface area contributed by atoms with E-state index in [4.69, 9.17) is 9.15 Å². The van der Waals surface area contributed by atoms with E-state index in [0.717, 1.165) is 18.7 Å². The molecule has 7 nitrogen and oxygen atoms in total. The first-order valence-corrected chi connectivity index (χ1v) is 7.04. The van der Waals surface area contributed by atoms with Crippen LogP contribution in [0.4, 0.5) is 0 Å². The van der Waals surface area contributed by atoms with Crippen LogP contribution in [0, 0.1) is 0 Å². The Morgan fingerprint density at radius 1 is 1.57 bits per heavy atom. The van der Waals surface area contributed by atoms with Gasteiger partial charge < -0.3 is 19.8 Å². The Balaban J connectivity index is 2.11. The number of rotatable bonds is 5. The molecule has 2 heterocycles. The van der Waals surface area contributed by atoms with Crippen molar-refractivity contribution in [2.45, 2.75) is 19.5 Å². The lowest BCUT2D eigenvalue weighted by Gasteiger charge is -2.34. The summed E-state index contributed by atoms with van der Waals surface area (Å²) in [6.07, 6.45) is 1.46. The van der Waals surface area contributed by atoms with Crippen molar-refractivity contribution in [3.63, 3.8) is 0 Å². The molecule has 1 fully saturated rings. The van der Waals surface area contributed by atoms with Crippen LogP contribution >= 0.6 is 0 Å². The van der Waals surface area contributed by atoms with Gasteiger partial charge in [-0.2, -0.15) is 0 Å². The highest BCUT2D eigenvalue weighted by Crippen LogP contribution is 2.17. The monoisotopic (exact) mass is 295 g/mol. The average Bonchev–Trinajstić information content (AvgIpc) is 2.95. The van der Waals surface area contributed by atoms with Crippen molar-refractivity contribution in [3.8, 4) is 0 Å². The molecule has 1 atom stereocenters. The van der Waals surface area contributed by atoms with Crippen LogP contribution in [0.1, 0.15) is 23.0 Å². The fourth-order valence-corrected chi connectivity index (χ4v) is 2.44. The molecule has 2 rings (SSSR count). The summed E-state index contributed by atoms with van der Waals surface area (Å²) in [6, 6.07) is 1.49. The van der Waals surface area contributed by atoms with E-state index in [9.17, 15) is 9.59 Å². The first kappa shape index (κ1) is 15.5. The predicted octanol–water partition coefficient (Wildman–Crippen LogP) is -0.0239. The number of hydrogen-bond donors (Lipinski definition) is 2. The summed E-state index contributed by atoms with van der Waals surface area (Å²) >= 11 is 0. The zero-order valence-electron chi connectivity index (χ0n) is 12.3. The third-order valence-corrected chi connectivity index (χ3v) is 3.50. The van der Waals surface area contributed by atoms with Gasteiger partial charge in [-0.15, -0.1) is 0 Å². The average molecular weight is 295 g/mol. The standard InChI is InChI=1S/C14H21N3O4/c1-3-16-13(18)11-8-15-5-6-17(11)9-10-4-7-21-12(10)14(19)20-2/h4,7,11,15H,3,5-6,8-9H2,1-2H3,(H,16,18). The number of amides is 1. The topological polar surface area (TPSA) is 83.8 Å².